The molecule has 0 aromatic heterocycles. The SMILES string of the molecule is CC(NCC1CCN(C)CC1)c1ccc(O)cc1F. The van der Waals surface area contributed by atoms with E-state index in [1.54, 1.807) is 6.07 Å². The van der Waals surface area contributed by atoms with Crippen molar-refractivity contribution in [3.63, 3.8) is 0 Å². The lowest BCUT2D eigenvalue weighted by molar-refractivity contribution is 0.213. The molecule has 4 heteroatoms. The van der Waals surface area contributed by atoms with Gasteiger partial charge in [0, 0.05) is 17.7 Å². The van der Waals surface area contributed by atoms with Crippen LogP contribution in [-0.2, 0) is 0 Å². The first-order chi connectivity index (χ1) is 9.06. The molecule has 1 saturated heterocycles. The third-order valence-electron chi connectivity index (χ3n) is 4.00. The van der Waals surface area contributed by atoms with Crippen molar-refractivity contribution in [1.29, 1.82) is 0 Å². The van der Waals surface area contributed by atoms with Crippen LogP contribution < -0.4 is 5.32 Å². The predicted molar refractivity (Wildman–Crippen MR) is 74.7 cm³/mol. The van der Waals surface area contributed by atoms with Gasteiger partial charge in [0.2, 0.25) is 0 Å². The van der Waals surface area contributed by atoms with E-state index in [1.165, 1.54) is 25.0 Å². The van der Waals surface area contributed by atoms with Gasteiger partial charge in [0.05, 0.1) is 0 Å². The second-order valence-electron chi connectivity index (χ2n) is 5.58. The van der Waals surface area contributed by atoms with Gasteiger partial charge in [0.1, 0.15) is 11.6 Å². The molecule has 2 rings (SSSR count). The second kappa shape index (κ2) is 6.35. The summed E-state index contributed by atoms with van der Waals surface area (Å²) < 4.78 is 13.7. The maximum atomic E-state index is 13.7. The third kappa shape index (κ3) is 3.91. The Bertz CT molecular complexity index is 417. The normalized spacial score (nSPS) is 19.5. The van der Waals surface area contributed by atoms with E-state index in [0.717, 1.165) is 19.6 Å². The largest absolute Gasteiger partial charge is 0.508 e. The zero-order valence-electron chi connectivity index (χ0n) is 11.7. The molecule has 106 valence electrons. The Balaban J connectivity index is 1.85. The number of nitrogens with one attached hydrogen (secondary N) is 1. The number of phenolic OH excluding ortho intramolecular Hbond substituents is 1. The Labute approximate surface area is 114 Å². The van der Waals surface area contributed by atoms with Crippen molar-refractivity contribution in [2.45, 2.75) is 25.8 Å². The molecule has 3 nitrogen and oxygen atoms in total. The van der Waals surface area contributed by atoms with Crippen LogP contribution in [0, 0.1) is 11.7 Å². The van der Waals surface area contributed by atoms with Gasteiger partial charge in [-0.15, -0.1) is 0 Å². The van der Waals surface area contributed by atoms with Crippen molar-refractivity contribution in [3.05, 3.63) is 29.6 Å². The van der Waals surface area contributed by atoms with Gasteiger partial charge in [0.25, 0.3) is 0 Å². The van der Waals surface area contributed by atoms with Gasteiger partial charge in [-0.05, 0) is 58.4 Å². The Morgan fingerprint density at radius 1 is 1.42 bits per heavy atom. The average Bonchev–Trinajstić information content (AvgIpc) is 2.37. The molecule has 1 aromatic rings. The Morgan fingerprint density at radius 2 is 2.11 bits per heavy atom. The van der Waals surface area contributed by atoms with E-state index < -0.39 is 0 Å². The van der Waals surface area contributed by atoms with Crippen LogP contribution in [0.1, 0.15) is 31.4 Å². The lowest BCUT2D eigenvalue weighted by Gasteiger charge is -2.30. The number of aromatic hydroxyl groups is 1. The summed E-state index contributed by atoms with van der Waals surface area (Å²) in [5.41, 5.74) is 0.616. The lowest BCUT2D eigenvalue weighted by atomic mass is 9.96. The van der Waals surface area contributed by atoms with E-state index in [2.05, 4.69) is 17.3 Å². The van der Waals surface area contributed by atoms with Crippen LogP contribution in [0.15, 0.2) is 18.2 Å². The van der Waals surface area contributed by atoms with Crippen LogP contribution in [0.2, 0.25) is 0 Å². The molecule has 0 saturated carbocycles. The summed E-state index contributed by atoms with van der Waals surface area (Å²) in [5.74, 6) is 0.311. The highest BCUT2D eigenvalue weighted by molar-refractivity contribution is 5.29. The topological polar surface area (TPSA) is 35.5 Å². The minimum absolute atomic E-state index is 0.0243. The molecule has 0 spiro atoms. The molecule has 1 unspecified atom stereocenters. The predicted octanol–water partition coefficient (Wildman–Crippen LogP) is 2.52. The highest BCUT2D eigenvalue weighted by atomic mass is 19.1. The zero-order chi connectivity index (χ0) is 13.8. The van der Waals surface area contributed by atoms with Crippen LogP contribution in [0.3, 0.4) is 0 Å². The third-order valence-corrected chi connectivity index (χ3v) is 4.00. The van der Waals surface area contributed by atoms with E-state index in [4.69, 9.17) is 0 Å². The monoisotopic (exact) mass is 266 g/mol. The summed E-state index contributed by atoms with van der Waals surface area (Å²) in [4.78, 5) is 2.35. The van der Waals surface area contributed by atoms with E-state index in [-0.39, 0.29) is 17.6 Å². The fraction of sp³-hybridized carbons (Fsp3) is 0.600. The number of phenols is 1. The number of hydrogen-bond acceptors (Lipinski definition) is 3. The van der Waals surface area contributed by atoms with E-state index in [9.17, 15) is 9.50 Å². The Hall–Kier alpha value is -1.13. The van der Waals surface area contributed by atoms with Gasteiger partial charge in [-0.25, -0.2) is 4.39 Å². The van der Waals surface area contributed by atoms with Crippen molar-refractivity contribution in [3.8, 4) is 5.75 Å². The molecular weight excluding hydrogens is 243 g/mol. The molecule has 1 aliphatic heterocycles. The Kier molecular flexibility index (Phi) is 4.77. The van der Waals surface area contributed by atoms with Crippen molar-refractivity contribution in [2.75, 3.05) is 26.7 Å². The summed E-state index contributed by atoms with van der Waals surface area (Å²) in [6.45, 7) is 5.18. The van der Waals surface area contributed by atoms with Gasteiger partial charge < -0.3 is 15.3 Å². The molecule has 1 aliphatic rings. The molecule has 2 N–H and O–H groups in total. The summed E-state index contributed by atoms with van der Waals surface area (Å²) in [7, 11) is 2.15. The number of likely N-dealkylation sites (tertiary alicyclic amines) is 1. The second-order valence-corrected chi connectivity index (χ2v) is 5.58. The number of piperidine rings is 1. The lowest BCUT2D eigenvalue weighted by Crippen LogP contribution is -2.35. The van der Waals surface area contributed by atoms with Gasteiger partial charge in [-0.1, -0.05) is 6.07 Å². The molecule has 1 atom stereocenters. The smallest absolute Gasteiger partial charge is 0.131 e. The summed E-state index contributed by atoms with van der Waals surface area (Å²) in [5, 5.41) is 12.6. The van der Waals surface area contributed by atoms with Crippen molar-refractivity contribution < 1.29 is 9.50 Å². The molecule has 1 aromatic carbocycles. The molecule has 1 fully saturated rings. The van der Waals surface area contributed by atoms with Crippen molar-refractivity contribution in [1.82, 2.24) is 10.2 Å². The maximum absolute atomic E-state index is 13.7. The number of benzene rings is 1. The molecule has 19 heavy (non-hydrogen) atoms. The number of rotatable bonds is 4. The minimum atomic E-state index is -0.344. The highest BCUT2D eigenvalue weighted by Crippen LogP contribution is 2.22. The summed E-state index contributed by atoms with van der Waals surface area (Å²) in [6, 6.07) is 4.33. The molecule has 1 heterocycles. The van der Waals surface area contributed by atoms with E-state index in [1.807, 2.05) is 6.92 Å². The summed E-state index contributed by atoms with van der Waals surface area (Å²) >= 11 is 0. The van der Waals surface area contributed by atoms with Crippen LogP contribution in [0.5, 0.6) is 5.75 Å². The van der Waals surface area contributed by atoms with Gasteiger partial charge >= 0.3 is 0 Å². The maximum Gasteiger partial charge on any atom is 0.131 e. The number of nitrogens with zero attached hydrogens (tertiary/aromatic N) is 1. The van der Waals surface area contributed by atoms with E-state index in [0.29, 0.717) is 11.5 Å². The molecular formula is C15H23FN2O. The molecule has 0 amide bonds. The average molecular weight is 266 g/mol. The molecule has 0 bridgehead atoms. The molecule has 0 aliphatic carbocycles. The van der Waals surface area contributed by atoms with Crippen molar-refractivity contribution in [2.24, 2.45) is 5.92 Å². The first-order valence-electron chi connectivity index (χ1n) is 6.96. The Morgan fingerprint density at radius 3 is 2.74 bits per heavy atom. The molecule has 0 radical (unpaired) electrons. The number of halogens is 1. The summed E-state index contributed by atoms with van der Waals surface area (Å²) in [6.07, 6.45) is 2.41. The minimum Gasteiger partial charge on any atom is -0.508 e. The zero-order valence-corrected chi connectivity index (χ0v) is 11.7. The quantitative estimate of drug-likeness (QED) is 0.879. The first kappa shape index (κ1) is 14.3. The van der Waals surface area contributed by atoms with Crippen molar-refractivity contribution >= 4 is 0 Å². The number of hydrogen-bond donors (Lipinski definition) is 2. The van der Waals surface area contributed by atoms with Crippen LogP contribution in [0.25, 0.3) is 0 Å². The fourth-order valence-electron chi connectivity index (χ4n) is 2.59. The van der Waals surface area contributed by atoms with Crippen LogP contribution in [-0.4, -0.2) is 36.7 Å². The van der Waals surface area contributed by atoms with Crippen LogP contribution >= 0.6 is 0 Å². The van der Waals surface area contributed by atoms with E-state index >= 15 is 0 Å². The fourth-order valence-corrected chi connectivity index (χ4v) is 2.59. The standard InChI is InChI=1S/C15H23FN2O/c1-11(14-4-3-13(19)9-15(14)16)17-10-12-5-7-18(2)8-6-12/h3-4,9,11-12,17,19H,5-8,10H2,1-2H3. The van der Waals surface area contributed by atoms with Gasteiger partial charge in [-0.3, -0.25) is 0 Å². The highest BCUT2D eigenvalue weighted by Gasteiger charge is 2.18. The van der Waals surface area contributed by atoms with Gasteiger partial charge in [-0.2, -0.15) is 0 Å². The van der Waals surface area contributed by atoms with Crippen LogP contribution in [0.4, 0.5) is 4.39 Å². The first-order valence-corrected chi connectivity index (χ1v) is 6.96. The van der Waals surface area contributed by atoms with Gasteiger partial charge in [0.15, 0.2) is 0 Å².